The van der Waals surface area contributed by atoms with Gasteiger partial charge in [0.1, 0.15) is 11.9 Å². The maximum atomic E-state index is 13.5. The average molecular weight is 294 g/mol. The molecule has 1 saturated heterocycles. The first kappa shape index (κ1) is 15.4. The number of carbonyl (C=O) groups is 2. The van der Waals surface area contributed by atoms with Crippen LogP contribution in [0, 0.1) is 5.82 Å². The second-order valence-corrected chi connectivity index (χ2v) is 4.91. The first-order valence-corrected chi connectivity index (χ1v) is 7.07. The van der Waals surface area contributed by atoms with Gasteiger partial charge in [0.15, 0.2) is 0 Å². The number of para-hydroxylation sites is 1. The van der Waals surface area contributed by atoms with Gasteiger partial charge < -0.3 is 10.1 Å². The van der Waals surface area contributed by atoms with E-state index in [1.807, 2.05) is 0 Å². The second kappa shape index (κ2) is 7.17. The first-order chi connectivity index (χ1) is 10.1. The van der Waals surface area contributed by atoms with Crippen LogP contribution in [0.2, 0.25) is 0 Å². The fraction of sp³-hybridized carbons (Fsp3) is 0.467. The van der Waals surface area contributed by atoms with Crippen molar-refractivity contribution in [1.29, 1.82) is 0 Å². The fourth-order valence-electron chi connectivity index (χ4n) is 2.46. The Morgan fingerprint density at radius 1 is 1.43 bits per heavy atom. The third-order valence-corrected chi connectivity index (χ3v) is 3.42. The summed E-state index contributed by atoms with van der Waals surface area (Å²) in [5, 5.41) is 2.52. The number of hydrogen-bond acceptors (Lipinski definition) is 4. The van der Waals surface area contributed by atoms with Crippen molar-refractivity contribution in [2.75, 3.05) is 25.0 Å². The molecule has 114 valence electrons. The van der Waals surface area contributed by atoms with Crippen molar-refractivity contribution in [3.8, 4) is 0 Å². The summed E-state index contributed by atoms with van der Waals surface area (Å²) in [6.45, 7) is 2.79. The number of halogens is 1. The third-order valence-electron chi connectivity index (χ3n) is 3.42. The molecule has 0 radical (unpaired) electrons. The van der Waals surface area contributed by atoms with Gasteiger partial charge in [-0.25, -0.2) is 4.39 Å². The van der Waals surface area contributed by atoms with Gasteiger partial charge >= 0.3 is 5.97 Å². The fourth-order valence-corrected chi connectivity index (χ4v) is 2.46. The van der Waals surface area contributed by atoms with Gasteiger partial charge in [-0.3, -0.25) is 14.5 Å². The summed E-state index contributed by atoms with van der Waals surface area (Å²) >= 11 is 0. The van der Waals surface area contributed by atoms with Gasteiger partial charge in [0.25, 0.3) is 0 Å². The highest BCUT2D eigenvalue weighted by atomic mass is 19.1. The summed E-state index contributed by atoms with van der Waals surface area (Å²) in [4.78, 5) is 25.5. The number of benzene rings is 1. The summed E-state index contributed by atoms with van der Waals surface area (Å²) in [7, 11) is 0. The van der Waals surface area contributed by atoms with Crippen LogP contribution in [0.4, 0.5) is 10.1 Å². The molecular formula is C15H19FN2O3. The van der Waals surface area contributed by atoms with E-state index >= 15 is 0 Å². The topological polar surface area (TPSA) is 58.6 Å². The number of anilines is 1. The van der Waals surface area contributed by atoms with Crippen molar-refractivity contribution < 1.29 is 18.7 Å². The largest absolute Gasteiger partial charge is 0.465 e. The normalized spacial score (nSPS) is 18.5. The first-order valence-electron chi connectivity index (χ1n) is 7.07. The molecule has 5 nitrogen and oxygen atoms in total. The number of likely N-dealkylation sites (tertiary alicyclic amines) is 1. The van der Waals surface area contributed by atoms with E-state index in [9.17, 15) is 14.0 Å². The van der Waals surface area contributed by atoms with E-state index in [1.54, 1.807) is 24.0 Å². The number of esters is 1. The predicted octanol–water partition coefficient (Wildman–Crippen LogP) is 1.79. The zero-order valence-electron chi connectivity index (χ0n) is 12.0. The molecule has 0 aliphatic carbocycles. The van der Waals surface area contributed by atoms with Crippen LogP contribution in [0.15, 0.2) is 24.3 Å². The Bertz CT molecular complexity index is 521. The summed E-state index contributed by atoms with van der Waals surface area (Å²) in [6.07, 6.45) is 1.53. The molecule has 2 rings (SSSR count). The molecule has 0 bridgehead atoms. The van der Waals surface area contributed by atoms with Gasteiger partial charge in [-0.05, 0) is 38.4 Å². The molecular weight excluding hydrogens is 275 g/mol. The highest BCUT2D eigenvalue weighted by Gasteiger charge is 2.32. The van der Waals surface area contributed by atoms with Crippen LogP contribution >= 0.6 is 0 Å². The summed E-state index contributed by atoms with van der Waals surface area (Å²) in [5.41, 5.74) is 0.148. The zero-order chi connectivity index (χ0) is 15.2. The number of hydrogen-bond donors (Lipinski definition) is 1. The molecule has 1 aliphatic heterocycles. The van der Waals surface area contributed by atoms with Crippen LogP contribution in [0.1, 0.15) is 19.8 Å². The van der Waals surface area contributed by atoms with Gasteiger partial charge in [-0.15, -0.1) is 0 Å². The van der Waals surface area contributed by atoms with E-state index < -0.39 is 5.82 Å². The van der Waals surface area contributed by atoms with E-state index in [-0.39, 0.29) is 30.2 Å². The molecule has 1 fully saturated rings. The van der Waals surface area contributed by atoms with Gasteiger partial charge in [-0.1, -0.05) is 12.1 Å². The van der Waals surface area contributed by atoms with Gasteiger partial charge in [-0.2, -0.15) is 0 Å². The molecule has 1 unspecified atom stereocenters. The lowest BCUT2D eigenvalue weighted by molar-refractivity contribution is -0.148. The Kier molecular flexibility index (Phi) is 5.27. The molecule has 1 atom stereocenters. The minimum Gasteiger partial charge on any atom is -0.465 e. The molecule has 1 amide bonds. The van der Waals surface area contributed by atoms with E-state index in [4.69, 9.17) is 4.74 Å². The Morgan fingerprint density at radius 3 is 2.90 bits per heavy atom. The van der Waals surface area contributed by atoms with Crippen molar-refractivity contribution >= 4 is 17.6 Å². The molecule has 1 heterocycles. The van der Waals surface area contributed by atoms with Crippen LogP contribution in [0.5, 0.6) is 0 Å². The lowest BCUT2D eigenvalue weighted by Crippen LogP contribution is -2.41. The minimum atomic E-state index is -0.478. The molecule has 1 aromatic rings. The molecule has 21 heavy (non-hydrogen) atoms. The van der Waals surface area contributed by atoms with Crippen LogP contribution < -0.4 is 5.32 Å². The molecule has 1 aliphatic rings. The molecule has 1 aromatic carbocycles. The Hall–Kier alpha value is -1.95. The number of amides is 1. The number of ether oxygens (including phenoxy) is 1. The maximum Gasteiger partial charge on any atom is 0.323 e. The van der Waals surface area contributed by atoms with Gasteiger partial charge in [0, 0.05) is 0 Å². The van der Waals surface area contributed by atoms with Crippen molar-refractivity contribution in [1.82, 2.24) is 4.90 Å². The summed E-state index contributed by atoms with van der Waals surface area (Å²) in [6, 6.07) is 5.61. The number of nitrogens with zero attached hydrogens (tertiary/aromatic N) is 1. The lowest BCUT2D eigenvalue weighted by Gasteiger charge is -2.22. The van der Waals surface area contributed by atoms with E-state index in [1.165, 1.54) is 12.1 Å². The van der Waals surface area contributed by atoms with E-state index in [0.29, 0.717) is 19.6 Å². The number of rotatable bonds is 5. The number of carbonyl (C=O) groups excluding carboxylic acids is 2. The van der Waals surface area contributed by atoms with E-state index in [0.717, 1.165) is 6.42 Å². The minimum absolute atomic E-state index is 0.0534. The van der Waals surface area contributed by atoms with Crippen molar-refractivity contribution in [3.05, 3.63) is 30.1 Å². The highest BCUT2D eigenvalue weighted by molar-refractivity contribution is 5.92. The number of nitrogens with one attached hydrogen (secondary N) is 1. The molecule has 6 heteroatoms. The van der Waals surface area contributed by atoms with Crippen molar-refractivity contribution in [2.24, 2.45) is 0 Å². The standard InChI is InChI=1S/C15H19FN2O3/c1-2-21-15(20)13-8-5-9-18(13)10-14(19)17-12-7-4-3-6-11(12)16/h3-4,6-7,13H,2,5,8-10H2,1H3,(H,17,19). The Labute approximate surface area is 123 Å². The molecule has 0 saturated carbocycles. The monoisotopic (exact) mass is 294 g/mol. The Balaban J connectivity index is 1.93. The predicted molar refractivity (Wildman–Crippen MR) is 76.3 cm³/mol. The highest BCUT2D eigenvalue weighted by Crippen LogP contribution is 2.19. The average Bonchev–Trinajstić information content (AvgIpc) is 2.90. The summed E-state index contributed by atoms with van der Waals surface area (Å²) in [5.74, 6) is -1.11. The summed E-state index contributed by atoms with van der Waals surface area (Å²) < 4.78 is 18.5. The lowest BCUT2D eigenvalue weighted by atomic mass is 10.2. The maximum absolute atomic E-state index is 13.5. The Morgan fingerprint density at radius 2 is 2.19 bits per heavy atom. The SMILES string of the molecule is CCOC(=O)C1CCCN1CC(=O)Nc1ccccc1F. The quantitative estimate of drug-likeness (QED) is 0.841. The van der Waals surface area contributed by atoms with Crippen LogP contribution in [-0.4, -0.2) is 42.5 Å². The van der Waals surface area contributed by atoms with Crippen LogP contribution in [0.25, 0.3) is 0 Å². The van der Waals surface area contributed by atoms with Crippen molar-refractivity contribution in [2.45, 2.75) is 25.8 Å². The van der Waals surface area contributed by atoms with Crippen LogP contribution in [-0.2, 0) is 14.3 Å². The zero-order valence-corrected chi connectivity index (χ0v) is 12.0. The van der Waals surface area contributed by atoms with Crippen LogP contribution in [0.3, 0.4) is 0 Å². The molecule has 0 aromatic heterocycles. The molecule has 0 spiro atoms. The molecule has 1 N–H and O–H groups in total. The third kappa shape index (κ3) is 4.01. The van der Waals surface area contributed by atoms with E-state index in [2.05, 4.69) is 5.32 Å². The van der Waals surface area contributed by atoms with Gasteiger partial charge in [0.05, 0.1) is 18.8 Å². The van der Waals surface area contributed by atoms with Crippen molar-refractivity contribution in [3.63, 3.8) is 0 Å². The second-order valence-electron chi connectivity index (χ2n) is 4.91. The smallest absolute Gasteiger partial charge is 0.323 e. The van der Waals surface area contributed by atoms with Gasteiger partial charge in [0.2, 0.25) is 5.91 Å².